The Labute approximate surface area is 187 Å². The maximum atomic E-state index is 10.2. The zero-order chi connectivity index (χ0) is 21.7. The lowest BCUT2D eigenvalue weighted by molar-refractivity contribution is -0.00748. The molecule has 6 heteroatoms. The van der Waals surface area contributed by atoms with E-state index in [1.165, 1.54) is 0 Å². The second kappa shape index (κ2) is 9.60. The second-order valence-corrected chi connectivity index (χ2v) is 9.51. The first-order valence-corrected chi connectivity index (χ1v) is 11.0. The summed E-state index contributed by atoms with van der Waals surface area (Å²) in [4.78, 5) is 8.94. The van der Waals surface area contributed by atoms with Gasteiger partial charge in [-0.05, 0) is 77.1 Å². The number of nitriles is 1. The van der Waals surface area contributed by atoms with Crippen LogP contribution in [0.3, 0.4) is 0 Å². The molecule has 1 aliphatic carbocycles. The van der Waals surface area contributed by atoms with E-state index in [1.54, 1.807) is 6.20 Å². The number of aliphatic hydroxyl groups is 1. The molecule has 0 unspecified atom stereocenters. The molecule has 1 heterocycles. The molecular formula is C24H27BrN4O. The van der Waals surface area contributed by atoms with Gasteiger partial charge >= 0.3 is 0 Å². The first kappa shape index (κ1) is 22.3. The van der Waals surface area contributed by atoms with Crippen molar-refractivity contribution in [2.45, 2.75) is 52.1 Å². The Balaban J connectivity index is 1.64. The first-order chi connectivity index (χ1) is 14.3. The zero-order valence-electron chi connectivity index (χ0n) is 17.5. The van der Waals surface area contributed by atoms with Crippen molar-refractivity contribution in [2.24, 2.45) is 11.3 Å². The maximum Gasteiger partial charge on any atom is 0.222 e. The van der Waals surface area contributed by atoms with Crippen LogP contribution in [0.4, 0.5) is 5.95 Å². The summed E-state index contributed by atoms with van der Waals surface area (Å²) in [7, 11) is 0. The molecular weight excluding hydrogens is 440 g/mol. The van der Waals surface area contributed by atoms with Crippen molar-refractivity contribution in [2.75, 3.05) is 11.9 Å². The summed E-state index contributed by atoms with van der Waals surface area (Å²) in [5.74, 6) is 3.59. The molecule has 1 aromatic carbocycles. The molecule has 156 valence electrons. The van der Waals surface area contributed by atoms with Crippen LogP contribution in [-0.2, 0) is 12.8 Å². The fraction of sp³-hybridized carbons (Fsp3) is 0.458. The Hall–Kier alpha value is -2.41. The van der Waals surface area contributed by atoms with Crippen molar-refractivity contribution in [3.63, 3.8) is 0 Å². The van der Waals surface area contributed by atoms with Gasteiger partial charge in [-0.3, -0.25) is 0 Å². The summed E-state index contributed by atoms with van der Waals surface area (Å²) in [6, 6.07) is 8.19. The molecule has 2 aromatic rings. The van der Waals surface area contributed by atoms with Gasteiger partial charge < -0.3 is 10.4 Å². The van der Waals surface area contributed by atoms with Crippen LogP contribution in [0.5, 0.6) is 0 Å². The number of aromatic nitrogens is 2. The third-order valence-electron chi connectivity index (χ3n) is 5.92. The lowest BCUT2D eigenvalue weighted by Gasteiger charge is -2.39. The van der Waals surface area contributed by atoms with Gasteiger partial charge in [-0.1, -0.05) is 25.8 Å². The number of hydrogen-bond acceptors (Lipinski definition) is 5. The quantitative estimate of drug-likeness (QED) is 0.613. The zero-order valence-corrected chi connectivity index (χ0v) is 19.0. The van der Waals surface area contributed by atoms with E-state index in [1.807, 2.05) is 18.2 Å². The van der Waals surface area contributed by atoms with Gasteiger partial charge in [0.05, 0.1) is 23.6 Å². The summed E-state index contributed by atoms with van der Waals surface area (Å²) < 4.78 is 0.917. The van der Waals surface area contributed by atoms with Crippen molar-refractivity contribution < 1.29 is 5.11 Å². The average Bonchev–Trinajstić information content (AvgIpc) is 2.71. The molecule has 1 aliphatic rings. The van der Waals surface area contributed by atoms with Crippen LogP contribution in [0.15, 0.2) is 28.9 Å². The first-order valence-electron chi connectivity index (χ1n) is 10.3. The molecule has 1 fully saturated rings. The van der Waals surface area contributed by atoms with Crippen LogP contribution in [0.25, 0.3) is 0 Å². The molecule has 0 radical (unpaired) electrons. The van der Waals surface area contributed by atoms with E-state index in [-0.39, 0.29) is 11.5 Å². The molecule has 2 atom stereocenters. The standard InChI is InChI=1S/C24H27BrN4O/c1-4-18-7-5-16(11-20(18)25)9-10-27-23-28-15-19(14-26)21(29-23)12-17-6-8-22(30)24(2,3)13-17/h1,5,7,11,15,17,22,30H,6,8-10,12-13H2,2-3H3,(H,27,28,29)/t17-,22-/m0/s1. The number of terminal acetylenes is 1. The van der Waals surface area contributed by atoms with Gasteiger partial charge in [-0.15, -0.1) is 6.42 Å². The summed E-state index contributed by atoms with van der Waals surface area (Å²) in [6.07, 6.45) is 11.0. The summed E-state index contributed by atoms with van der Waals surface area (Å²) in [5.41, 5.74) is 3.20. The fourth-order valence-electron chi connectivity index (χ4n) is 4.12. The van der Waals surface area contributed by atoms with Crippen molar-refractivity contribution >= 4 is 21.9 Å². The van der Waals surface area contributed by atoms with Gasteiger partial charge in [-0.25, -0.2) is 9.97 Å². The van der Waals surface area contributed by atoms with E-state index < -0.39 is 0 Å². The lowest BCUT2D eigenvalue weighted by atomic mass is 9.69. The topological polar surface area (TPSA) is 81.8 Å². The summed E-state index contributed by atoms with van der Waals surface area (Å²) >= 11 is 3.49. The molecule has 0 amide bonds. The highest BCUT2D eigenvalue weighted by molar-refractivity contribution is 9.10. The third kappa shape index (κ3) is 5.39. The highest BCUT2D eigenvalue weighted by Gasteiger charge is 2.35. The lowest BCUT2D eigenvalue weighted by Crippen LogP contribution is -2.37. The molecule has 3 rings (SSSR count). The Kier molecular flexibility index (Phi) is 7.13. The van der Waals surface area contributed by atoms with Crippen molar-refractivity contribution in [3.8, 4) is 18.4 Å². The van der Waals surface area contributed by atoms with E-state index >= 15 is 0 Å². The average molecular weight is 467 g/mol. The van der Waals surface area contributed by atoms with Crippen LogP contribution in [0, 0.1) is 35.0 Å². The van der Waals surface area contributed by atoms with Crippen LogP contribution in [0.2, 0.25) is 0 Å². The van der Waals surface area contributed by atoms with Gasteiger partial charge in [0, 0.05) is 16.6 Å². The minimum absolute atomic E-state index is 0.104. The van der Waals surface area contributed by atoms with Crippen molar-refractivity contribution in [1.82, 2.24) is 9.97 Å². The minimum atomic E-state index is -0.262. The molecule has 1 saturated carbocycles. The molecule has 1 aromatic heterocycles. The Bertz CT molecular complexity index is 990. The molecule has 0 aliphatic heterocycles. The summed E-state index contributed by atoms with van der Waals surface area (Å²) in [5, 5.41) is 22.9. The molecule has 5 nitrogen and oxygen atoms in total. The SMILES string of the molecule is C#Cc1ccc(CCNc2ncc(C#N)c(C[C@@H]3CC[C@H](O)C(C)(C)C3)n2)cc1Br. The monoisotopic (exact) mass is 466 g/mol. The predicted molar refractivity (Wildman–Crippen MR) is 122 cm³/mol. The Morgan fingerprint density at radius 3 is 2.80 bits per heavy atom. The number of nitrogens with zero attached hydrogens (tertiary/aromatic N) is 3. The highest BCUT2D eigenvalue weighted by Crippen LogP contribution is 2.40. The number of hydrogen-bond donors (Lipinski definition) is 2. The summed E-state index contributed by atoms with van der Waals surface area (Å²) in [6.45, 7) is 4.89. The molecule has 2 N–H and O–H groups in total. The van der Waals surface area contributed by atoms with Gasteiger partial charge in [0.25, 0.3) is 0 Å². The highest BCUT2D eigenvalue weighted by atomic mass is 79.9. The predicted octanol–water partition coefficient (Wildman–Crippen LogP) is 4.48. The number of aliphatic hydroxyl groups excluding tert-OH is 1. The Morgan fingerprint density at radius 1 is 1.33 bits per heavy atom. The maximum absolute atomic E-state index is 10.2. The van der Waals surface area contributed by atoms with Crippen LogP contribution >= 0.6 is 15.9 Å². The van der Waals surface area contributed by atoms with Crippen LogP contribution < -0.4 is 5.32 Å². The normalized spacial score (nSPS) is 20.2. The molecule has 0 bridgehead atoms. The van der Waals surface area contributed by atoms with E-state index in [4.69, 9.17) is 6.42 Å². The third-order valence-corrected chi connectivity index (χ3v) is 6.58. The number of rotatable bonds is 6. The molecule has 0 saturated heterocycles. The van der Waals surface area contributed by atoms with Gasteiger partial charge in [0.2, 0.25) is 5.95 Å². The van der Waals surface area contributed by atoms with Crippen LogP contribution in [-0.4, -0.2) is 27.7 Å². The van der Waals surface area contributed by atoms with E-state index in [2.05, 4.69) is 57.1 Å². The Morgan fingerprint density at radius 2 is 2.13 bits per heavy atom. The number of nitrogens with one attached hydrogen (secondary N) is 1. The number of benzene rings is 1. The second-order valence-electron chi connectivity index (χ2n) is 8.66. The van der Waals surface area contributed by atoms with Crippen LogP contribution in [0.1, 0.15) is 55.5 Å². The largest absolute Gasteiger partial charge is 0.393 e. The number of halogens is 1. The van der Waals surface area contributed by atoms with Crippen molar-refractivity contribution in [3.05, 3.63) is 51.3 Å². The number of anilines is 1. The van der Waals surface area contributed by atoms with E-state index in [0.29, 0.717) is 24.0 Å². The molecule has 0 spiro atoms. The van der Waals surface area contributed by atoms with Gasteiger partial charge in [0.1, 0.15) is 6.07 Å². The van der Waals surface area contributed by atoms with Crippen molar-refractivity contribution in [1.29, 1.82) is 5.26 Å². The molecule has 30 heavy (non-hydrogen) atoms. The fourth-order valence-corrected chi connectivity index (χ4v) is 4.66. The minimum Gasteiger partial charge on any atom is -0.393 e. The van der Waals surface area contributed by atoms with E-state index in [9.17, 15) is 10.4 Å². The van der Waals surface area contributed by atoms with E-state index in [0.717, 1.165) is 53.4 Å². The smallest absolute Gasteiger partial charge is 0.222 e. The van der Waals surface area contributed by atoms with Gasteiger partial charge in [0.15, 0.2) is 0 Å². The van der Waals surface area contributed by atoms with Gasteiger partial charge in [-0.2, -0.15) is 5.26 Å².